The first-order valence-electron chi connectivity index (χ1n) is 9.08. The van der Waals surface area contributed by atoms with Gasteiger partial charge in [-0.2, -0.15) is 5.10 Å². The summed E-state index contributed by atoms with van der Waals surface area (Å²) in [5.41, 5.74) is 3.61. The van der Waals surface area contributed by atoms with E-state index in [0.717, 1.165) is 16.8 Å². The number of carbonyl (C=O) groups excluding carboxylic acids is 1. The highest BCUT2D eigenvalue weighted by atomic mass is 16.5. The van der Waals surface area contributed by atoms with E-state index in [0.29, 0.717) is 22.6 Å². The second-order valence-corrected chi connectivity index (χ2v) is 6.38. The number of fused-ring (bicyclic) bond motifs is 1. The molecular formula is C20H19BN6O2. The summed E-state index contributed by atoms with van der Waals surface area (Å²) in [6.07, 6.45) is 1.42. The lowest BCUT2D eigenvalue weighted by Gasteiger charge is -2.13. The van der Waals surface area contributed by atoms with Gasteiger partial charge in [-0.3, -0.25) is 9.89 Å². The molecule has 0 spiro atoms. The van der Waals surface area contributed by atoms with E-state index in [4.69, 9.17) is 4.74 Å². The van der Waals surface area contributed by atoms with Gasteiger partial charge in [-0.1, -0.05) is 36.4 Å². The summed E-state index contributed by atoms with van der Waals surface area (Å²) < 4.78 is 5.51. The average Bonchev–Trinajstić information content (AvgIpc) is 3.20. The quantitative estimate of drug-likeness (QED) is 0.330. The zero-order chi connectivity index (χ0) is 20.2. The van der Waals surface area contributed by atoms with Crippen molar-refractivity contribution in [1.29, 1.82) is 0 Å². The lowest BCUT2D eigenvalue weighted by atomic mass is 10.0. The third-order valence-electron chi connectivity index (χ3n) is 4.52. The van der Waals surface area contributed by atoms with Gasteiger partial charge in [-0.25, -0.2) is 9.97 Å². The van der Waals surface area contributed by atoms with E-state index in [9.17, 15) is 4.79 Å². The Bertz CT molecular complexity index is 1160. The molecule has 0 atom stereocenters. The molecule has 4 rings (SSSR count). The van der Waals surface area contributed by atoms with Gasteiger partial charge in [-0.15, -0.1) is 0 Å². The molecule has 2 heterocycles. The Morgan fingerprint density at radius 1 is 1.14 bits per heavy atom. The van der Waals surface area contributed by atoms with Gasteiger partial charge < -0.3 is 15.3 Å². The van der Waals surface area contributed by atoms with Crippen molar-refractivity contribution < 1.29 is 9.53 Å². The molecule has 2 aromatic carbocycles. The molecule has 0 unspecified atom stereocenters. The van der Waals surface area contributed by atoms with E-state index in [1.165, 1.54) is 6.33 Å². The second kappa shape index (κ2) is 8.11. The van der Waals surface area contributed by atoms with Gasteiger partial charge in [-0.05, 0) is 23.3 Å². The van der Waals surface area contributed by atoms with Crippen molar-refractivity contribution in [2.75, 3.05) is 19.0 Å². The number of ether oxygens (including phenoxy) is 1. The van der Waals surface area contributed by atoms with E-state index in [-0.39, 0.29) is 18.0 Å². The predicted molar refractivity (Wildman–Crippen MR) is 114 cm³/mol. The zero-order valence-electron chi connectivity index (χ0n) is 16.1. The fraction of sp³-hybridized carbons (Fsp3) is 0.100. The smallest absolute Gasteiger partial charge is 0.196 e. The summed E-state index contributed by atoms with van der Waals surface area (Å²) in [7, 11) is 3.32. The predicted octanol–water partition coefficient (Wildman–Crippen LogP) is 2.09. The Balaban J connectivity index is 1.78. The highest BCUT2D eigenvalue weighted by Crippen LogP contribution is 2.34. The van der Waals surface area contributed by atoms with Crippen LogP contribution in [0.3, 0.4) is 0 Å². The van der Waals surface area contributed by atoms with Gasteiger partial charge in [0.25, 0.3) is 0 Å². The molecule has 0 bridgehead atoms. The molecule has 0 amide bonds. The van der Waals surface area contributed by atoms with Gasteiger partial charge in [0.1, 0.15) is 23.6 Å². The van der Waals surface area contributed by atoms with Crippen LogP contribution in [0.2, 0.25) is 0 Å². The highest BCUT2D eigenvalue weighted by Gasteiger charge is 2.19. The van der Waals surface area contributed by atoms with Crippen molar-refractivity contribution in [1.82, 2.24) is 25.4 Å². The number of aromatic nitrogens is 4. The molecule has 0 aliphatic rings. The molecule has 9 heteroatoms. The number of ketones is 1. The molecule has 0 fully saturated rings. The lowest BCUT2D eigenvalue weighted by molar-refractivity contribution is 0.0994. The number of nitrogens with one attached hydrogen (secondary N) is 3. The van der Waals surface area contributed by atoms with Crippen LogP contribution in [0.25, 0.3) is 22.2 Å². The molecule has 8 nitrogen and oxygen atoms in total. The average molecular weight is 386 g/mol. The normalized spacial score (nSPS) is 10.8. The van der Waals surface area contributed by atoms with Crippen molar-refractivity contribution in [2.45, 2.75) is 0 Å². The number of hydrogen-bond acceptors (Lipinski definition) is 7. The van der Waals surface area contributed by atoms with Gasteiger partial charge in [0.15, 0.2) is 19.4 Å². The molecule has 0 aliphatic carbocycles. The van der Waals surface area contributed by atoms with E-state index < -0.39 is 0 Å². The third kappa shape index (κ3) is 3.68. The first-order chi connectivity index (χ1) is 14.2. The fourth-order valence-electron chi connectivity index (χ4n) is 3.14. The summed E-state index contributed by atoms with van der Waals surface area (Å²) in [6, 6.07) is 15.9. The minimum Gasteiger partial charge on any atom is -0.495 e. The number of aromatic amines is 1. The summed E-state index contributed by atoms with van der Waals surface area (Å²) in [6.45, 7) is 0.168. The molecule has 29 heavy (non-hydrogen) atoms. The Morgan fingerprint density at radius 3 is 2.72 bits per heavy atom. The first-order valence-corrected chi connectivity index (χ1v) is 9.08. The number of carbonyl (C=O) groups is 1. The molecule has 2 aromatic heterocycles. The Hall–Kier alpha value is -3.72. The number of hydrogen-bond donors (Lipinski definition) is 3. The summed E-state index contributed by atoms with van der Waals surface area (Å²) >= 11 is 0. The van der Waals surface area contributed by atoms with Gasteiger partial charge in [0.05, 0.1) is 24.7 Å². The summed E-state index contributed by atoms with van der Waals surface area (Å²) in [4.78, 5) is 21.0. The number of methoxy groups -OCH3 is 1. The second-order valence-electron chi connectivity index (χ2n) is 6.38. The van der Waals surface area contributed by atoms with Crippen LogP contribution in [0.15, 0.2) is 54.9 Å². The SMILES string of the molecule is BNCC(=O)c1n[nH]c2ncnc(Nc3cc(-c4ccccc4)ccc3OC)c12. The Morgan fingerprint density at radius 2 is 1.97 bits per heavy atom. The van der Waals surface area contributed by atoms with Crippen LogP contribution in [0.5, 0.6) is 5.75 Å². The highest BCUT2D eigenvalue weighted by molar-refractivity contribution is 6.13. The first kappa shape index (κ1) is 18.6. The fourth-order valence-corrected chi connectivity index (χ4v) is 3.14. The Labute approximate surface area is 168 Å². The molecule has 3 N–H and O–H groups in total. The number of benzene rings is 2. The van der Waals surface area contributed by atoms with Gasteiger partial charge in [0, 0.05) is 0 Å². The monoisotopic (exact) mass is 386 g/mol. The van der Waals surface area contributed by atoms with Crippen LogP contribution >= 0.6 is 0 Å². The van der Waals surface area contributed by atoms with Crippen LogP contribution in [0.4, 0.5) is 11.5 Å². The minimum absolute atomic E-state index is 0.151. The molecule has 0 saturated heterocycles. The standard InChI is InChI=1S/C20H19BN6O2/c1-29-16-8-7-13(12-5-3-2-4-6-12)9-14(16)25-19-17-18(15(28)10-24-21)26-27-20(17)23-11-22-19/h2-9,11,24H,10,21H2,1H3,(H2,22,23,25,26,27). The van der Waals surface area contributed by atoms with Crippen LogP contribution < -0.4 is 15.3 Å². The summed E-state index contributed by atoms with van der Waals surface area (Å²) in [5, 5.41) is 13.6. The maximum atomic E-state index is 12.4. The molecular weight excluding hydrogens is 367 g/mol. The molecule has 0 radical (unpaired) electrons. The molecule has 0 saturated carbocycles. The maximum Gasteiger partial charge on any atom is 0.196 e. The zero-order valence-corrected chi connectivity index (χ0v) is 16.1. The van der Waals surface area contributed by atoms with Crippen molar-refractivity contribution >= 4 is 36.3 Å². The Kier molecular flexibility index (Phi) is 5.21. The number of nitrogens with zero attached hydrogens (tertiary/aromatic N) is 3. The molecule has 0 aliphatic heterocycles. The van der Waals surface area contributed by atoms with Crippen LogP contribution in [0, 0.1) is 0 Å². The maximum absolute atomic E-state index is 12.4. The van der Waals surface area contributed by atoms with Crippen molar-refractivity contribution in [2.24, 2.45) is 0 Å². The van der Waals surface area contributed by atoms with Crippen molar-refractivity contribution in [3.05, 3.63) is 60.6 Å². The topological polar surface area (TPSA) is 105 Å². The molecule has 4 aromatic rings. The van der Waals surface area contributed by atoms with E-state index >= 15 is 0 Å². The van der Waals surface area contributed by atoms with Crippen LogP contribution in [-0.4, -0.2) is 47.6 Å². The lowest BCUT2D eigenvalue weighted by Crippen LogP contribution is -2.20. The van der Waals surface area contributed by atoms with E-state index in [2.05, 4.69) is 30.7 Å². The summed E-state index contributed by atoms with van der Waals surface area (Å²) in [5.74, 6) is 0.983. The largest absolute Gasteiger partial charge is 0.495 e. The van der Waals surface area contributed by atoms with E-state index in [1.54, 1.807) is 15.1 Å². The minimum atomic E-state index is -0.151. The van der Waals surface area contributed by atoms with Crippen molar-refractivity contribution in [3.8, 4) is 16.9 Å². The van der Waals surface area contributed by atoms with Gasteiger partial charge >= 0.3 is 0 Å². The third-order valence-corrected chi connectivity index (χ3v) is 4.52. The number of Topliss-reactive ketones (excluding diaryl/α,β-unsaturated/α-hetero) is 1. The number of anilines is 2. The van der Waals surface area contributed by atoms with Crippen molar-refractivity contribution in [3.63, 3.8) is 0 Å². The van der Waals surface area contributed by atoms with Crippen LogP contribution in [0.1, 0.15) is 10.5 Å². The number of H-pyrrole nitrogens is 1. The van der Waals surface area contributed by atoms with Crippen LogP contribution in [-0.2, 0) is 0 Å². The number of rotatable bonds is 7. The van der Waals surface area contributed by atoms with E-state index in [1.807, 2.05) is 48.5 Å². The molecule has 144 valence electrons. The van der Waals surface area contributed by atoms with Gasteiger partial charge in [0.2, 0.25) is 0 Å².